The van der Waals surface area contributed by atoms with Gasteiger partial charge in [-0.25, -0.2) is 0 Å². The number of ether oxygens (including phenoxy) is 1. The molecule has 25 heavy (non-hydrogen) atoms. The molecule has 5 nitrogen and oxygen atoms in total. The third-order valence-corrected chi connectivity index (χ3v) is 5.22. The number of likely N-dealkylation sites (tertiary alicyclic amines) is 2. The highest BCUT2D eigenvalue weighted by molar-refractivity contribution is 5.93. The summed E-state index contributed by atoms with van der Waals surface area (Å²) in [5, 5.41) is 3.56. The second-order valence-corrected chi connectivity index (χ2v) is 7.03. The second kappa shape index (κ2) is 9.78. The van der Waals surface area contributed by atoms with Gasteiger partial charge in [0.2, 0.25) is 0 Å². The zero-order chi connectivity index (χ0) is 17.3. The lowest BCUT2D eigenvalue weighted by molar-refractivity contribution is 0.142. The fourth-order valence-corrected chi connectivity index (χ4v) is 3.77. The van der Waals surface area contributed by atoms with Crippen LogP contribution in [0.2, 0.25) is 0 Å². The Bertz CT molecular complexity index is 528. The van der Waals surface area contributed by atoms with E-state index in [0.29, 0.717) is 6.04 Å². The summed E-state index contributed by atoms with van der Waals surface area (Å²) in [6.07, 6.45) is 6.38. The molecule has 138 valence electrons. The number of anilines is 1. The van der Waals surface area contributed by atoms with Gasteiger partial charge < -0.3 is 15.0 Å². The number of nitrogens with one attached hydrogen (secondary N) is 1. The van der Waals surface area contributed by atoms with Gasteiger partial charge in [-0.3, -0.25) is 9.89 Å². The van der Waals surface area contributed by atoms with Crippen LogP contribution in [0.25, 0.3) is 0 Å². The first-order valence-electron chi connectivity index (χ1n) is 9.71. The van der Waals surface area contributed by atoms with E-state index in [1.54, 1.807) is 7.11 Å². The van der Waals surface area contributed by atoms with Gasteiger partial charge >= 0.3 is 0 Å². The largest absolute Gasteiger partial charge is 0.383 e. The van der Waals surface area contributed by atoms with Crippen LogP contribution in [0.5, 0.6) is 0 Å². The molecule has 0 amide bonds. The third kappa shape index (κ3) is 5.44. The van der Waals surface area contributed by atoms with E-state index < -0.39 is 0 Å². The van der Waals surface area contributed by atoms with Gasteiger partial charge in [-0.15, -0.1) is 0 Å². The Kier molecular flexibility index (Phi) is 7.12. The number of hydrogen-bond acceptors (Lipinski definition) is 3. The van der Waals surface area contributed by atoms with Gasteiger partial charge in [0.1, 0.15) is 0 Å². The van der Waals surface area contributed by atoms with E-state index in [0.717, 1.165) is 44.4 Å². The Labute approximate surface area is 152 Å². The predicted molar refractivity (Wildman–Crippen MR) is 104 cm³/mol. The molecule has 1 unspecified atom stereocenters. The number of guanidine groups is 1. The first kappa shape index (κ1) is 18.2. The molecule has 0 aromatic heterocycles. The topological polar surface area (TPSA) is 40.1 Å². The van der Waals surface area contributed by atoms with Gasteiger partial charge in [-0.05, 0) is 50.8 Å². The zero-order valence-electron chi connectivity index (χ0n) is 15.5. The zero-order valence-corrected chi connectivity index (χ0v) is 15.5. The maximum atomic E-state index is 5.25. The van der Waals surface area contributed by atoms with Crippen LogP contribution < -0.4 is 5.32 Å². The SMILES string of the molecule is COCCN1CCCC1CN=C(Nc1ccccc1)N1CCCCC1. The number of aliphatic imine (C=N–C) groups is 1. The average molecular weight is 345 g/mol. The van der Waals surface area contributed by atoms with Gasteiger partial charge in [0.05, 0.1) is 13.2 Å². The van der Waals surface area contributed by atoms with Crippen molar-refractivity contribution in [3.63, 3.8) is 0 Å². The van der Waals surface area contributed by atoms with Gasteiger partial charge in [-0.1, -0.05) is 18.2 Å². The molecule has 1 atom stereocenters. The van der Waals surface area contributed by atoms with Crippen LogP contribution in [-0.2, 0) is 4.74 Å². The number of para-hydroxylation sites is 1. The summed E-state index contributed by atoms with van der Waals surface area (Å²) in [5.41, 5.74) is 1.12. The average Bonchev–Trinajstić information content (AvgIpc) is 3.12. The molecule has 2 saturated heterocycles. The van der Waals surface area contributed by atoms with Crippen LogP contribution in [0.4, 0.5) is 5.69 Å². The lowest BCUT2D eigenvalue weighted by atomic mass is 10.1. The van der Waals surface area contributed by atoms with Crippen molar-refractivity contribution in [2.75, 3.05) is 51.8 Å². The summed E-state index contributed by atoms with van der Waals surface area (Å²) in [7, 11) is 1.78. The summed E-state index contributed by atoms with van der Waals surface area (Å²) < 4.78 is 5.25. The highest BCUT2D eigenvalue weighted by atomic mass is 16.5. The minimum atomic E-state index is 0.549. The van der Waals surface area contributed by atoms with Crippen molar-refractivity contribution < 1.29 is 4.74 Å². The Morgan fingerprint density at radius 1 is 1.12 bits per heavy atom. The molecule has 0 radical (unpaired) electrons. The van der Waals surface area contributed by atoms with Crippen LogP contribution in [0.1, 0.15) is 32.1 Å². The summed E-state index contributed by atoms with van der Waals surface area (Å²) in [5.74, 6) is 1.05. The number of piperidine rings is 1. The smallest absolute Gasteiger partial charge is 0.198 e. The van der Waals surface area contributed by atoms with Crippen molar-refractivity contribution >= 4 is 11.6 Å². The molecular weight excluding hydrogens is 312 g/mol. The number of benzene rings is 1. The van der Waals surface area contributed by atoms with Crippen molar-refractivity contribution in [3.8, 4) is 0 Å². The van der Waals surface area contributed by atoms with Crippen LogP contribution in [0.15, 0.2) is 35.3 Å². The third-order valence-electron chi connectivity index (χ3n) is 5.22. The molecular formula is C20H32N4O. The Morgan fingerprint density at radius 3 is 2.68 bits per heavy atom. The summed E-state index contributed by atoms with van der Waals surface area (Å²) in [6.45, 7) is 6.08. The van der Waals surface area contributed by atoms with Crippen molar-refractivity contribution in [2.45, 2.75) is 38.1 Å². The minimum Gasteiger partial charge on any atom is -0.383 e. The lowest BCUT2D eigenvalue weighted by Gasteiger charge is -2.31. The first-order valence-corrected chi connectivity index (χ1v) is 9.71. The molecule has 1 aromatic rings. The quantitative estimate of drug-likeness (QED) is 0.636. The molecule has 0 spiro atoms. The van der Waals surface area contributed by atoms with Crippen molar-refractivity contribution in [1.29, 1.82) is 0 Å². The van der Waals surface area contributed by atoms with Gasteiger partial charge in [-0.2, -0.15) is 0 Å². The monoisotopic (exact) mass is 344 g/mol. The summed E-state index contributed by atoms with van der Waals surface area (Å²) in [4.78, 5) is 9.98. The molecule has 2 aliphatic heterocycles. The first-order chi connectivity index (χ1) is 12.4. The summed E-state index contributed by atoms with van der Waals surface area (Å²) >= 11 is 0. The van der Waals surface area contributed by atoms with Crippen LogP contribution in [-0.4, -0.2) is 68.2 Å². The van der Waals surface area contributed by atoms with Gasteiger partial charge in [0.15, 0.2) is 5.96 Å². The Hall–Kier alpha value is -1.59. The van der Waals surface area contributed by atoms with Crippen molar-refractivity contribution in [2.24, 2.45) is 4.99 Å². The number of hydrogen-bond donors (Lipinski definition) is 1. The molecule has 2 aliphatic rings. The molecule has 0 aliphatic carbocycles. The molecule has 2 fully saturated rings. The maximum absolute atomic E-state index is 5.25. The summed E-state index contributed by atoms with van der Waals surface area (Å²) in [6, 6.07) is 11.0. The van der Waals surface area contributed by atoms with E-state index >= 15 is 0 Å². The predicted octanol–water partition coefficient (Wildman–Crippen LogP) is 3.05. The fourth-order valence-electron chi connectivity index (χ4n) is 3.77. The molecule has 1 aromatic carbocycles. The highest BCUT2D eigenvalue weighted by Gasteiger charge is 2.24. The van der Waals surface area contributed by atoms with E-state index in [9.17, 15) is 0 Å². The number of methoxy groups -OCH3 is 1. The molecule has 1 N–H and O–H groups in total. The maximum Gasteiger partial charge on any atom is 0.198 e. The Balaban J connectivity index is 1.66. The molecule has 2 heterocycles. The van der Waals surface area contributed by atoms with E-state index in [-0.39, 0.29) is 0 Å². The van der Waals surface area contributed by atoms with Gasteiger partial charge in [0.25, 0.3) is 0 Å². The van der Waals surface area contributed by atoms with Gasteiger partial charge in [0, 0.05) is 38.5 Å². The molecule has 3 rings (SSSR count). The van der Waals surface area contributed by atoms with E-state index in [1.807, 2.05) is 0 Å². The molecule has 0 bridgehead atoms. The molecule has 0 saturated carbocycles. The van der Waals surface area contributed by atoms with E-state index in [1.165, 1.54) is 38.6 Å². The normalized spacial score (nSPS) is 22.4. The van der Waals surface area contributed by atoms with Crippen LogP contribution in [0.3, 0.4) is 0 Å². The second-order valence-electron chi connectivity index (χ2n) is 7.03. The van der Waals surface area contributed by atoms with E-state index in [2.05, 4.69) is 45.4 Å². The fraction of sp³-hybridized carbons (Fsp3) is 0.650. The number of nitrogens with zero attached hydrogens (tertiary/aromatic N) is 3. The van der Waals surface area contributed by atoms with E-state index in [4.69, 9.17) is 9.73 Å². The number of rotatable bonds is 6. The Morgan fingerprint density at radius 2 is 1.92 bits per heavy atom. The minimum absolute atomic E-state index is 0.549. The standard InChI is InChI=1S/C20H32N4O/c1-25-16-15-23-14-8-11-19(23)17-21-20(24-12-6-3-7-13-24)22-18-9-4-2-5-10-18/h2,4-5,9-10,19H,3,6-8,11-17H2,1H3,(H,21,22). The molecule has 5 heteroatoms. The van der Waals surface area contributed by atoms with Crippen LogP contribution >= 0.6 is 0 Å². The lowest BCUT2D eigenvalue weighted by Crippen LogP contribution is -2.41. The highest BCUT2D eigenvalue weighted by Crippen LogP contribution is 2.18. The van der Waals surface area contributed by atoms with Crippen molar-refractivity contribution in [3.05, 3.63) is 30.3 Å². The van der Waals surface area contributed by atoms with Crippen LogP contribution in [0, 0.1) is 0 Å². The van der Waals surface area contributed by atoms with Crippen molar-refractivity contribution in [1.82, 2.24) is 9.80 Å².